The molecule has 0 bridgehead atoms. The van der Waals surface area contributed by atoms with Crippen molar-refractivity contribution in [2.75, 3.05) is 38.6 Å². The average Bonchev–Trinajstić information content (AvgIpc) is 2.33. The lowest BCUT2D eigenvalue weighted by atomic mass is 10.1. The molecule has 0 aliphatic rings. The number of benzene rings is 1. The van der Waals surface area contributed by atoms with Crippen LogP contribution in [-0.4, -0.2) is 49.7 Å². The van der Waals surface area contributed by atoms with Crippen molar-refractivity contribution >= 4 is 11.7 Å². The molecule has 0 spiro atoms. The van der Waals surface area contributed by atoms with Gasteiger partial charge in [-0.1, -0.05) is 6.07 Å². The van der Waals surface area contributed by atoms with Crippen molar-refractivity contribution in [1.82, 2.24) is 4.90 Å². The second-order valence-electron chi connectivity index (χ2n) is 4.36. The van der Waals surface area contributed by atoms with Crippen LogP contribution in [0.25, 0.3) is 0 Å². The first-order chi connectivity index (χ1) is 8.95. The zero-order valence-corrected chi connectivity index (χ0v) is 10.9. The maximum Gasteiger partial charge on any atom is 0.323 e. The number of carboxylic acid groups (broad SMARTS) is 1. The predicted molar refractivity (Wildman–Crippen MR) is 69.5 cm³/mol. The van der Waals surface area contributed by atoms with Gasteiger partial charge in [-0.05, 0) is 26.2 Å². The third-order valence-corrected chi connectivity index (χ3v) is 2.59. The number of nitriles is 1. The highest BCUT2D eigenvalue weighted by Crippen LogP contribution is 2.22. The van der Waals surface area contributed by atoms with Gasteiger partial charge in [-0.15, -0.1) is 0 Å². The van der Waals surface area contributed by atoms with Crippen molar-refractivity contribution in [3.63, 3.8) is 0 Å². The Labute approximate surface area is 111 Å². The molecule has 1 rings (SSSR count). The van der Waals surface area contributed by atoms with Crippen molar-refractivity contribution in [3.05, 3.63) is 29.6 Å². The lowest BCUT2D eigenvalue weighted by Gasteiger charge is -2.25. The van der Waals surface area contributed by atoms with Gasteiger partial charge in [0.1, 0.15) is 24.0 Å². The van der Waals surface area contributed by atoms with Crippen LogP contribution in [0.2, 0.25) is 0 Å². The van der Waals surface area contributed by atoms with E-state index in [9.17, 15) is 9.18 Å². The molecule has 0 unspecified atom stereocenters. The van der Waals surface area contributed by atoms with Crippen LogP contribution in [0.3, 0.4) is 0 Å². The molecule has 1 aromatic carbocycles. The van der Waals surface area contributed by atoms with E-state index in [4.69, 9.17) is 10.4 Å². The van der Waals surface area contributed by atoms with Gasteiger partial charge in [0.05, 0.1) is 5.69 Å². The van der Waals surface area contributed by atoms with E-state index >= 15 is 0 Å². The van der Waals surface area contributed by atoms with E-state index in [2.05, 4.69) is 0 Å². The number of aliphatic carboxylic acids is 1. The van der Waals surface area contributed by atoms with Crippen LogP contribution in [0.1, 0.15) is 5.56 Å². The predicted octanol–water partition coefficient (Wildman–Crippen LogP) is 1.15. The smallest absolute Gasteiger partial charge is 0.323 e. The van der Waals surface area contributed by atoms with Gasteiger partial charge < -0.3 is 14.9 Å². The Morgan fingerprint density at radius 1 is 1.42 bits per heavy atom. The number of hydrogen-bond acceptors (Lipinski definition) is 4. The molecule has 0 fully saturated rings. The molecule has 6 heteroatoms. The summed E-state index contributed by atoms with van der Waals surface area (Å²) in [5, 5.41) is 17.9. The zero-order valence-electron chi connectivity index (χ0n) is 10.9. The van der Waals surface area contributed by atoms with Crippen molar-refractivity contribution in [2.45, 2.75) is 0 Å². The second kappa shape index (κ2) is 6.71. The number of likely N-dealkylation sites (N-methyl/N-ethyl adjacent to an activating group) is 1. The Hall–Kier alpha value is -2.13. The number of halogens is 1. The maximum absolute atomic E-state index is 13.5. The molecule has 1 aromatic rings. The van der Waals surface area contributed by atoms with Gasteiger partial charge in [0.15, 0.2) is 0 Å². The fourth-order valence-electron chi connectivity index (χ4n) is 1.66. The molecule has 0 amide bonds. The summed E-state index contributed by atoms with van der Waals surface area (Å²) in [5.74, 6) is -1.66. The normalized spacial score (nSPS) is 10.3. The van der Waals surface area contributed by atoms with E-state index in [1.165, 1.54) is 17.0 Å². The fourth-order valence-corrected chi connectivity index (χ4v) is 1.66. The summed E-state index contributed by atoms with van der Waals surface area (Å²) in [6, 6.07) is 5.99. The summed E-state index contributed by atoms with van der Waals surface area (Å²) in [5.41, 5.74) is 0.189. The summed E-state index contributed by atoms with van der Waals surface area (Å²) < 4.78 is 13.5. The van der Waals surface area contributed by atoms with Crippen molar-refractivity contribution in [1.29, 1.82) is 5.26 Å². The minimum Gasteiger partial charge on any atom is -0.480 e. The highest BCUT2D eigenvalue weighted by molar-refractivity contribution is 5.75. The highest BCUT2D eigenvalue weighted by Gasteiger charge is 2.17. The summed E-state index contributed by atoms with van der Waals surface area (Å²) >= 11 is 0. The number of carbonyl (C=O) groups is 1. The summed E-state index contributed by atoms with van der Waals surface area (Å²) in [4.78, 5) is 14.3. The van der Waals surface area contributed by atoms with Crippen molar-refractivity contribution < 1.29 is 14.3 Å². The van der Waals surface area contributed by atoms with Crippen LogP contribution in [0, 0.1) is 17.1 Å². The van der Waals surface area contributed by atoms with Gasteiger partial charge in [-0.25, -0.2) is 4.39 Å². The van der Waals surface area contributed by atoms with Crippen LogP contribution >= 0.6 is 0 Å². The number of hydrogen-bond donors (Lipinski definition) is 1. The molecule has 0 saturated heterocycles. The van der Waals surface area contributed by atoms with Crippen LogP contribution in [-0.2, 0) is 4.79 Å². The Balaban J connectivity index is 3.06. The van der Waals surface area contributed by atoms with Crippen LogP contribution < -0.4 is 4.90 Å². The van der Waals surface area contributed by atoms with E-state index in [1.807, 2.05) is 19.0 Å². The van der Waals surface area contributed by atoms with Crippen molar-refractivity contribution in [2.24, 2.45) is 0 Å². The van der Waals surface area contributed by atoms with Crippen LogP contribution in [0.4, 0.5) is 10.1 Å². The van der Waals surface area contributed by atoms with E-state index in [0.29, 0.717) is 18.8 Å². The minimum atomic E-state index is -1.02. The first kappa shape index (κ1) is 14.9. The topological polar surface area (TPSA) is 67.6 Å². The Morgan fingerprint density at radius 3 is 2.63 bits per heavy atom. The minimum absolute atomic E-state index is 0.123. The largest absolute Gasteiger partial charge is 0.480 e. The van der Waals surface area contributed by atoms with E-state index in [1.54, 1.807) is 12.1 Å². The van der Waals surface area contributed by atoms with Crippen LogP contribution in [0.5, 0.6) is 0 Å². The average molecular weight is 265 g/mol. The summed E-state index contributed by atoms with van der Waals surface area (Å²) in [6.45, 7) is 0.734. The molecule has 102 valence electrons. The Bertz CT molecular complexity index is 497. The fraction of sp³-hybridized carbons (Fsp3) is 0.385. The maximum atomic E-state index is 13.5. The van der Waals surface area contributed by atoms with E-state index < -0.39 is 11.8 Å². The third kappa shape index (κ3) is 4.23. The van der Waals surface area contributed by atoms with Crippen LogP contribution in [0.15, 0.2) is 18.2 Å². The molecule has 0 atom stereocenters. The number of nitrogens with zero attached hydrogens (tertiary/aromatic N) is 3. The molecule has 19 heavy (non-hydrogen) atoms. The molecule has 0 aliphatic carbocycles. The summed E-state index contributed by atoms with van der Waals surface area (Å²) in [7, 11) is 3.71. The van der Waals surface area contributed by atoms with Gasteiger partial charge in [0, 0.05) is 13.1 Å². The number of rotatable bonds is 6. The Morgan fingerprint density at radius 2 is 2.11 bits per heavy atom. The summed E-state index contributed by atoms with van der Waals surface area (Å²) in [6.07, 6.45) is 0. The third-order valence-electron chi connectivity index (χ3n) is 2.59. The van der Waals surface area contributed by atoms with E-state index in [-0.39, 0.29) is 12.1 Å². The molecule has 0 aromatic heterocycles. The molecule has 5 nitrogen and oxygen atoms in total. The van der Waals surface area contributed by atoms with Gasteiger partial charge in [0.25, 0.3) is 0 Å². The molecular formula is C13H16FN3O2. The van der Waals surface area contributed by atoms with Gasteiger partial charge >= 0.3 is 5.97 Å². The number of anilines is 1. The lowest BCUT2D eigenvalue weighted by Crippen LogP contribution is -2.36. The highest BCUT2D eigenvalue weighted by atomic mass is 19.1. The first-order valence-corrected chi connectivity index (χ1v) is 5.75. The molecule has 0 saturated carbocycles. The molecule has 0 aliphatic heterocycles. The Kier molecular flexibility index (Phi) is 5.27. The standard InChI is InChI=1S/C13H16FN3O2/c1-16(2)6-7-17(9-13(18)19)12-5-3-4-11(14)10(12)8-15/h3-5H,6-7,9H2,1-2H3,(H,18,19). The van der Waals surface area contributed by atoms with Crippen molar-refractivity contribution in [3.8, 4) is 6.07 Å². The molecule has 0 heterocycles. The lowest BCUT2D eigenvalue weighted by molar-refractivity contribution is -0.135. The van der Waals surface area contributed by atoms with Gasteiger partial charge in [0.2, 0.25) is 0 Å². The molecule has 0 radical (unpaired) electrons. The second-order valence-corrected chi connectivity index (χ2v) is 4.36. The molecule has 1 N–H and O–H groups in total. The van der Waals surface area contributed by atoms with E-state index in [0.717, 1.165) is 0 Å². The van der Waals surface area contributed by atoms with Gasteiger partial charge in [-0.3, -0.25) is 4.79 Å². The molecular weight excluding hydrogens is 249 g/mol. The quantitative estimate of drug-likeness (QED) is 0.835. The SMILES string of the molecule is CN(C)CCN(CC(=O)O)c1cccc(F)c1C#N. The first-order valence-electron chi connectivity index (χ1n) is 5.75. The van der Waals surface area contributed by atoms with Gasteiger partial charge in [-0.2, -0.15) is 5.26 Å². The monoisotopic (exact) mass is 265 g/mol. The zero-order chi connectivity index (χ0) is 14.4. The number of carboxylic acids is 1.